The molecular weight excluding hydrogens is 454 g/mol. The van der Waals surface area contributed by atoms with E-state index in [1.54, 1.807) is 36.4 Å². The summed E-state index contributed by atoms with van der Waals surface area (Å²) in [4.78, 5) is 28.8. The van der Waals surface area contributed by atoms with E-state index >= 15 is 0 Å². The van der Waals surface area contributed by atoms with Gasteiger partial charge < -0.3 is 10.1 Å². The number of methoxy groups -OCH3 is 1. The summed E-state index contributed by atoms with van der Waals surface area (Å²) in [5.74, 6) is -0.246. The highest BCUT2D eigenvalue weighted by Crippen LogP contribution is 2.28. The molecule has 0 spiro atoms. The van der Waals surface area contributed by atoms with Crippen LogP contribution in [0.15, 0.2) is 59.6 Å². The Hall–Kier alpha value is -3.46. The maximum absolute atomic E-state index is 13.2. The number of anilines is 1. The van der Waals surface area contributed by atoms with Crippen molar-refractivity contribution < 1.29 is 22.7 Å². The number of rotatable bonds is 8. The van der Waals surface area contributed by atoms with Gasteiger partial charge in [0.25, 0.3) is 10.0 Å². The quantitative estimate of drug-likeness (QED) is 0.470. The third-order valence-corrected chi connectivity index (χ3v) is 7.40. The maximum atomic E-state index is 13.2. The van der Waals surface area contributed by atoms with Crippen molar-refractivity contribution in [1.29, 1.82) is 0 Å². The second-order valence-corrected chi connectivity index (χ2v) is 10.1. The highest BCUT2D eigenvalue weighted by atomic mass is 32.2. The first-order chi connectivity index (χ1) is 16.4. The zero-order valence-electron chi connectivity index (χ0n) is 18.9. The minimum Gasteiger partial charge on any atom is -0.465 e. The third-order valence-electron chi connectivity index (χ3n) is 5.99. The average Bonchev–Trinajstić information content (AvgIpc) is 3.34. The molecule has 1 heterocycles. The van der Waals surface area contributed by atoms with Gasteiger partial charge in [0.2, 0.25) is 5.91 Å². The molecule has 4 rings (SSSR count). The van der Waals surface area contributed by atoms with E-state index in [0.29, 0.717) is 28.8 Å². The standard InChI is InChI=1S/C25H27N3O5S/c1-33-25(30)20-12-18(16-27-23(29)14-17-6-2-3-7-17)13-21(15-20)28-34(31,32)22-10-4-8-19-9-5-11-26-24(19)22/h4-5,8-13,15,17,28H,2-3,6-7,14,16H2,1H3,(H,27,29). The van der Waals surface area contributed by atoms with Crippen LogP contribution in [0.25, 0.3) is 10.9 Å². The number of hydrogen-bond donors (Lipinski definition) is 2. The van der Waals surface area contributed by atoms with Gasteiger partial charge in [0, 0.05) is 24.5 Å². The van der Waals surface area contributed by atoms with Gasteiger partial charge in [-0.3, -0.25) is 14.5 Å². The fourth-order valence-corrected chi connectivity index (χ4v) is 5.56. The molecule has 3 aromatic rings. The van der Waals surface area contributed by atoms with Crippen LogP contribution in [0.2, 0.25) is 0 Å². The molecule has 2 aromatic carbocycles. The molecule has 1 aliphatic rings. The SMILES string of the molecule is COC(=O)c1cc(CNC(=O)CC2CCCC2)cc(NS(=O)(=O)c2cccc3cccnc23)c1. The van der Waals surface area contributed by atoms with Crippen molar-refractivity contribution in [3.8, 4) is 0 Å². The van der Waals surface area contributed by atoms with Crippen LogP contribution in [-0.4, -0.2) is 32.4 Å². The Morgan fingerprint density at radius 3 is 2.62 bits per heavy atom. The first-order valence-corrected chi connectivity index (χ1v) is 12.7. The van der Waals surface area contributed by atoms with Crippen LogP contribution in [0.1, 0.15) is 48.0 Å². The molecule has 0 aliphatic heterocycles. The summed E-state index contributed by atoms with van der Waals surface area (Å²) in [6.45, 7) is 0.168. The highest BCUT2D eigenvalue weighted by Gasteiger charge is 2.21. The van der Waals surface area contributed by atoms with E-state index in [4.69, 9.17) is 4.74 Å². The number of para-hydroxylation sites is 1. The van der Waals surface area contributed by atoms with Crippen molar-refractivity contribution in [3.05, 3.63) is 65.9 Å². The van der Waals surface area contributed by atoms with Crippen molar-refractivity contribution in [3.63, 3.8) is 0 Å². The topological polar surface area (TPSA) is 114 Å². The molecule has 1 aromatic heterocycles. The minimum absolute atomic E-state index is 0.0282. The number of aromatic nitrogens is 1. The van der Waals surface area contributed by atoms with E-state index in [2.05, 4.69) is 15.0 Å². The summed E-state index contributed by atoms with van der Waals surface area (Å²) in [5, 5.41) is 3.57. The molecule has 2 N–H and O–H groups in total. The van der Waals surface area contributed by atoms with Crippen molar-refractivity contribution >= 4 is 38.5 Å². The van der Waals surface area contributed by atoms with Gasteiger partial charge in [-0.1, -0.05) is 31.0 Å². The van der Waals surface area contributed by atoms with Gasteiger partial charge in [0.15, 0.2) is 0 Å². The number of amides is 1. The van der Waals surface area contributed by atoms with Crippen LogP contribution in [0.3, 0.4) is 0 Å². The Bertz CT molecular complexity index is 1310. The predicted octanol–water partition coefficient (Wildman–Crippen LogP) is 4.02. The zero-order chi connectivity index (χ0) is 24.1. The summed E-state index contributed by atoms with van der Waals surface area (Å²) in [6, 6.07) is 13.0. The average molecular weight is 482 g/mol. The van der Waals surface area contributed by atoms with Gasteiger partial charge in [-0.15, -0.1) is 0 Å². The largest absolute Gasteiger partial charge is 0.465 e. The number of pyridine rings is 1. The molecule has 34 heavy (non-hydrogen) atoms. The number of hydrogen-bond acceptors (Lipinski definition) is 6. The third kappa shape index (κ3) is 5.53. The lowest BCUT2D eigenvalue weighted by Gasteiger charge is -2.14. The van der Waals surface area contributed by atoms with Gasteiger partial charge in [-0.2, -0.15) is 0 Å². The molecular formula is C25H27N3O5S. The first-order valence-electron chi connectivity index (χ1n) is 11.2. The molecule has 0 unspecified atom stereocenters. The number of fused-ring (bicyclic) bond motifs is 1. The second-order valence-electron chi connectivity index (χ2n) is 8.48. The lowest BCUT2D eigenvalue weighted by Crippen LogP contribution is -2.25. The van der Waals surface area contributed by atoms with E-state index in [0.717, 1.165) is 25.7 Å². The van der Waals surface area contributed by atoms with E-state index in [9.17, 15) is 18.0 Å². The van der Waals surface area contributed by atoms with Crippen LogP contribution < -0.4 is 10.0 Å². The van der Waals surface area contributed by atoms with Crippen molar-refractivity contribution in [2.45, 2.75) is 43.5 Å². The van der Waals surface area contributed by atoms with Crippen LogP contribution in [0.4, 0.5) is 5.69 Å². The molecule has 1 saturated carbocycles. The Morgan fingerprint density at radius 1 is 1.09 bits per heavy atom. The van der Waals surface area contributed by atoms with E-state index in [1.807, 2.05) is 0 Å². The molecule has 1 fully saturated rings. The highest BCUT2D eigenvalue weighted by molar-refractivity contribution is 7.93. The molecule has 9 heteroatoms. The molecule has 1 aliphatic carbocycles. The Kier molecular flexibility index (Phi) is 7.12. The number of nitrogens with zero attached hydrogens (tertiary/aromatic N) is 1. The van der Waals surface area contributed by atoms with Gasteiger partial charge >= 0.3 is 5.97 Å². The summed E-state index contributed by atoms with van der Waals surface area (Å²) in [5.41, 5.74) is 1.30. The Morgan fingerprint density at radius 2 is 1.85 bits per heavy atom. The smallest absolute Gasteiger partial charge is 0.337 e. The van der Waals surface area contributed by atoms with Gasteiger partial charge in [0.1, 0.15) is 4.90 Å². The van der Waals surface area contributed by atoms with E-state index in [1.165, 1.54) is 25.4 Å². The predicted molar refractivity (Wildman–Crippen MR) is 129 cm³/mol. The molecule has 1 amide bonds. The van der Waals surface area contributed by atoms with Crippen LogP contribution >= 0.6 is 0 Å². The number of benzene rings is 2. The molecule has 0 bridgehead atoms. The Balaban J connectivity index is 1.57. The fourth-order valence-electron chi connectivity index (χ4n) is 4.34. The summed E-state index contributed by atoms with van der Waals surface area (Å²) in [6.07, 6.45) is 6.47. The molecule has 8 nitrogen and oxygen atoms in total. The number of ether oxygens (including phenoxy) is 1. The lowest BCUT2D eigenvalue weighted by molar-refractivity contribution is -0.122. The van der Waals surface area contributed by atoms with Crippen LogP contribution in [0.5, 0.6) is 0 Å². The van der Waals surface area contributed by atoms with Gasteiger partial charge in [-0.25, -0.2) is 13.2 Å². The fraction of sp³-hybridized carbons (Fsp3) is 0.320. The number of nitrogens with one attached hydrogen (secondary N) is 2. The number of sulfonamides is 1. The van der Waals surface area contributed by atoms with Crippen LogP contribution in [0, 0.1) is 5.92 Å². The second kappa shape index (κ2) is 10.2. The van der Waals surface area contributed by atoms with Crippen molar-refractivity contribution in [1.82, 2.24) is 10.3 Å². The van der Waals surface area contributed by atoms with Gasteiger partial charge in [-0.05, 0) is 54.7 Å². The normalized spacial score (nSPS) is 14.1. The summed E-state index contributed by atoms with van der Waals surface area (Å²) < 4.78 is 33.8. The molecule has 178 valence electrons. The van der Waals surface area contributed by atoms with Gasteiger partial charge in [0.05, 0.1) is 23.9 Å². The molecule has 0 atom stereocenters. The summed E-state index contributed by atoms with van der Waals surface area (Å²) >= 11 is 0. The number of esters is 1. The zero-order valence-corrected chi connectivity index (χ0v) is 19.7. The minimum atomic E-state index is -4.00. The molecule has 0 radical (unpaired) electrons. The maximum Gasteiger partial charge on any atom is 0.337 e. The lowest BCUT2D eigenvalue weighted by atomic mass is 10.0. The number of carbonyl (C=O) groups excluding carboxylic acids is 2. The monoisotopic (exact) mass is 481 g/mol. The number of carbonyl (C=O) groups is 2. The van der Waals surface area contributed by atoms with Crippen molar-refractivity contribution in [2.75, 3.05) is 11.8 Å². The Labute approximate surface area is 198 Å². The van der Waals surface area contributed by atoms with Crippen LogP contribution in [-0.2, 0) is 26.1 Å². The van der Waals surface area contributed by atoms with E-state index in [-0.39, 0.29) is 28.6 Å². The first kappa shape index (κ1) is 23.7. The van der Waals surface area contributed by atoms with E-state index < -0.39 is 16.0 Å². The molecule has 0 saturated heterocycles. The summed E-state index contributed by atoms with van der Waals surface area (Å²) in [7, 11) is -2.75. The van der Waals surface area contributed by atoms with Crippen molar-refractivity contribution in [2.24, 2.45) is 5.92 Å².